The molecule has 0 saturated carbocycles. The Morgan fingerprint density at radius 1 is 0.521 bits per heavy atom. The number of nitrogens with one attached hydrogen (secondary N) is 10. The second-order valence-electron chi connectivity index (χ2n) is 24.6. The number of carboxylic acids is 1. The number of aromatic amines is 1. The number of H-pyrrole nitrogens is 1. The Balaban J connectivity index is 1.32. The Labute approximate surface area is 543 Å². The molecule has 502 valence electrons. The largest absolute Gasteiger partial charge is 0.508 e. The molecule has 0 unspecified atom stereocenters. The van der Waals surface area contributed by atoms with Crippen LogP contribution in [0.1, 0.15) is 94.9 Å². The topological polar surface area (TPSA) is 425 Å². The van der Waals surface area contributed by atoms with E-state index in [1.54, 1.807) is 131 Å². The summed E-state index contributed by atoms with van der Waals surface area (Å²) in [6, 6.07) is 14.5. The predicted molar refractivity (Wildman–Crippen MR) is 345 cm³/mol. The summed E-state index contributed by atoms with van der Waals surface area (Å²) in [6.45, 7) is 6.93. The highest BCUT2D eigenvalue weighted by Gasteiger charge is 2.42. The fraction of sp³-hybridized carbons (Fsp3) is 0.433. The number of aliphatic carboxylic acids is 1. The number of benzene rings is 4. The van der Waals surface area contributed by atoms with Crippen molar-refractivity contribution < 1.29 is 67.7 Å². The Morgan fingerprint density at radius 2 is 0.979 bits per heavy atom. The van der Waals surface area contributed by atoms with E-state index in [1.807, 2.05) is 0 Å². The van der Waals surface area contributed by atoms with Crippen molar-refractivity contribution in [1.29, 1.82) is 0 Å². The van der Waals surface area contributed by atoms with Gasteiger partial charge >= 0.3 is 5.97 Å². The molecular weight excluding hydrogens is 1210 g/mol. The van der Waals surface area contributed by atoms with Gasteiger partial charge in [0.25, 0.3) is 0 Å². The van der Waals surface area contributed by atoms with E-state index in [0.717, 1.165) is 0 Å². The average Bonchev–Trinajstić information content (AvgIpc) is 1.60. The van der Waals surface area contributed by atoms with Gasteiger partial charge in [0.2, 0.25) is 65.0 Å². The van der Waals surface area contributed by atoms with Crippen molar-refractivity contribution in [3.05, 3.63) is 138 Å². The zero-order chi connectivity index (χ0) is 68.2. The first kappa shape index (κ1) is 71.3. The van der Waals surface area contributed by atoms with Gasteiger partial charge in [0.1, 0.15) is 66.2 Å². The van der Waals surface area contributed by atoms with E-state index in [1.165, 1.54) is 17.0 Å². The maximum absolute atomic E-state index is 15.2. The van der Waals surface area contributed by atoms with Crippen molar-refractivity contribution in [2.45, 2.75) is 159 Å². The number of para-hydroxylation sites is 1. The number of nitrogens with two attached hydrogens (primary N) is 2. The normalized spacial score (nSPS) is 23.8. The van der Waals surface area contributed by atoms with Crippen LogP contribution in [-0.4, -0.2) is 165 Å². The van der Waals surface area contributed by atoms with Gasteiger partial charge in [0.05, 0.1) is 12.8 Å². The van der Waals surface area contributed by atoms with Crippen molar-refractivity contribution in [3.8, 4) is 5.75 Å². The summed E-state index contributed by atoms with van der Waals surface area (Å²) < 4.78 is 0. The predicted octanol–water partition coefficient (Wildman–Crippen LogP) is 0.303. The maximum atomic E-state index is 15.2. The van der Waals surface area contributed by atoms with Crippen LogP contribution in [0.2, 0.25) is 0 Å². The van der Waals surface area contributed by atoms with Crippen LogP contribution in [0.25, 0.3) is 10.9 Å². The number of carbonyl (C=O) groups is 12. The SMILES string of the molecule is CC(C)C[C@@H]1NC(=O)[C@H](CCCN)NC(=O)[C@H](C(C)C)NC(=O)[C@H](Cc2c[nH]c3ccccc23)NC(=O)[C@H](CC(=O)O)NC(=O)[C@H](CC(N)=O)NC(=O)[C@H](Cc2ccccc2)NC(=O)[C@H](Cc2ccccc2)NC(=O)[C@@H]2CCCN2C(=O)[C@@H](Cc2ccc(O)cc2)NC1=O. The number of nitrogens with zero attached hydrogens (tertiary/aromatic N) is 1. The first-order valence-corrected chi connectivity index (χ1v) is 31.5. The molecule has 0 bridgehead atoms. The Hall–Kier alpha value is -10.2. The van der Waals surface area contributed by atoms with Crippen LogP contribution < -0.4 is 59.3 Å². The van der Waals surface area contributed by atoms with E-state index >= 15 is 4.79 Å². The molecule has 2 fully saturated rings. The quantitative estimate of drug-likeness (QED) is 0.0561. The lowest BCUT2D eigenvalue weighted by Gasteiger charge is -2.32. The molecule has 11 amide bonds. The molecular formula is C67H85N13O14. The number of aromatic hydroxyl groups is 1. The lowest BCUT2D eigenvalue weighted by molar-refractivity contribution is -0.142. The highest BCUT2D eigenvalue weighted by Crippen LogP contribution is 2.23. The van der Waals surface area contributed by atoms with Gasteiger partial charge in [-0.2, -0.15) is 0 Å². The van der Waals surface area contributed by atoms with E-state index in [2.05, 4.69) is 52.8 Å². The van der Waals surface area contributed by atoms with Crippen molar-refractivity contribution >= 4 is 81.9 Å². The number of carbonyl (C=O) groups excluding carboxylic acids is 11. The van der Waals surface area contributed by atoms with E-state index < -0.39 is 150 Å². The molecule has 5 aromatic rings. The summed E-state index contributed by atoms with van der Waals surface area (Å²) in [6.07, 6.45) is -0.659. The molecule has 94 heavy (non-hydrogen) atoms. The number of fused-ring (bicyclic) bond motifs is 2. The fourth-order valence-electron chi connectivity index (χ4n) is 11.5. The number of phenolic OH excluding ortho intramolecular Hbond substituents is 1. The third-order valence-electron chi connectivity index (χ3n) is 16.4. The van der Waals surface area contributed by atoms with Crippen molar-refractivity contribution in [1.82, 2.24) is 57.7 Å². The van der Waals surface area contributed by atoms with Gasteiger partial charge < -0.3 is 79.4 Å². The van der Waals surface area contributed by atoms with E-state index in [0.29, 0.717) is 39.6 Å². The summed E-state index contributed by atoms with van der Waals surface area (Å²) in [4.78, 5) is 177. The summed E-state index contributed by atoms with van der Waals surface area (Å²) in [5.41, 5.74) is 14.3. The molecule has 7 rings (SSSR count). The summed E-state index contributed by atoms with van der Waals surface area (Å²) in [5.74, 6) is -13.1. The molecule has 1 aromatic heterocycles. The molecule has 2 aliphatic heterocycles. The first-order chi connectivity index (χ1) is 44.9. The number of amides is 11. The molecule has 0 radical (unpaired) electrons. The molecule has 4 aromatic carbocycles. The van der Waals surface area contributed by atoms with Crippen LogP contribution in [0, 0.1) is 11.8 Å². The number of hydrogen-bond acceptors (Lipinski definition) is 14. The van der Waals surface area contributed by atoms with Crippen LogP contribution in [0.5, 0.6) is 5.75 Å². The van der Waals surface area contributed by atoms with Gasteiger partial charge in [-0.05, 0) is 90.9 Å². The van der Waals surface area contributed by atoms with Crippen LogP contribution in [0.4, 0.5) is 0 Å². The van der Waals surface area contributed by atoms with Crippen LogP contribution in [0.15, 0.2) is 115 Å². The zero-order valence-electron chi connectivity index (χ0n) is 53.0. The lowest BCUT2D eigenvalue weighted by atomic mass is 9.98. The minimum Gasteiger partial charge on any atom is -0.508 e. The second-order valence-corrected chi connectivity index (χ2v) is 24.6. The van der Waals surface area contributed by atoms with E-state index in [4.69, 9.17) is 11.5 Å². The van der Waals surface area contributed by atoms with Crippen molar-refractivity contribution in [3.63, 3.8) is 0 Å². The van der Waals surface area contributed by atoms with Crippen molar-refractivity contribution in [2.75, 3.05) is 13.1 Å². The minimum atomic E-state index is -2.01. The average molecular weight is 1300 g/mol. The van der Waals surface area contributed by atoms with E-state index in [9.17, 15) is 63.0 Å². The molecule has 0 aliphatic carbocycles. The number of aromatic nitrogens is 1. The van der Waals surface area contributed by atoms with Gasteiger partial charge in [0, 0.05) is 49.3 Å². The summed E-state index contributed by atoms with van der Waals surface area (Å²) in [7, 11) is 0. The number of phenols is 1. The summed E-state index contributed by atoms with van der Waals surface area (Å²) in [5, 5.41) is 44.9. The van der Waals surface area contributed by atoms with Gasteiger partial charge in [0.15, 0.2) is 0 Å². The Kier molecular flexibility index (Phi) is 25.7. The highest BCUT2D eigenvalue weighted by molar-refractivity contribution is 6.01. The van der Waals surface area contributed by atoms with Crippen LogP contribution in [-0.2, 0) is 83.2 Å². The zero-order valence-corrected chi connectivity index (χ0v) is 53.0. The maximum Gasteiger partial charge on any atom is 0.305 e. The second kappa shape index (κ2) is 33.9. The molecule has 16 N–H and O–H groups in total. The van der Waals surface area contributed by atoms with Crippen molar-refractivity contribution in [2.24, 2.45) is 23.3 Å². The smallest absolute Gasteiger partial charge is 0.305 e. The molecule has 27 heteroatoms. The van der Waals surface area contributed by atoms with Gasteiger partial charge in [-0.3, -0.25) is 57.5 Å². The third-order valence-corrected chi connectivity index (χ3v) is 16.4. The van der Waals surface area contributed by atoms with Gasteiger partial charge in [-0.15, -0.1) is 0 Å². The molecule has 2 saturated heterocycles. The standard InChI is InChI=1S/C67H85N13O14/c1-37(2)29-47-59(86)78-53(32-41-23-25-43(81)26-24-41)67(94)80-28-14-22-54(80)65(92)77-49(31-40-17-9-6-10-18-40)61(88)73-48(30-39-15-7-5-8-16-39)60(87)75-51(34-55(69)82)62(89)76-52(35-56(83)84)63(90)74-50(33-42-36-70-45-20-12-11-19-44(42)45)64(91)79-57(38(3)4)66(93)71-46(21-13-27-68)58(85)72-47/h5-12,15-20,23-26,36-38,46-54,57,70,81H,13-14,21-22,27-35,68H2,1-4H3,(H2,69,82)(H,71,93)(H,72,85)(H,73,88)(H,74,90)(H,75,87)(H,76,89)(H,77,92)(H,78,86)(H,79,91)(H,83,84)/t46-,47-,48-,49-,50-,51-,52-,53+,54-,57-/m0/s1. The first-order valence-electron chi connectivity index (χ1n) is 31.5. The monoisotopic (exact) mass is 1300 g/mol. The number of primary amides is 1. The molecule has 0 spiro atoms. The van der Waals surface area contributed by atoms with Crippen LogP contribution in [0.3, 0.4) is 0 Å². The Bertz CT molecular complexity index is 3510. The Morgan fingerprint density at radius 3 is 1.54 bits per heavy atom. The van der Waals surface area contributed by atoms with Gasteiger partial charge in [-0.1, -0.05) is 119 Å². The summed E-state index contributed by atoms with van der Waals surface area (Å²) >= 11 is 0. The molecule has 3 heterocycles. The number of carboxylic acid groups (broad SMARTS) is 1. The lowest BCUT2D eigenvalue weighted by Crippen LogP contribution is -2.62. The number of hydrogen-bond donors (Lipinski definition) is 14. The molecule has 2 aliphatic rings. The van der Waals surface area contributed by atoms with Crippen LogP contribution >= 0.6 is 0 Å². The molecule has 10 atom stereocenters. The minimum absolute atomic E-state index is 0.0297. The molecule has 27 nitrogen and oxygen atoms in total. The van der Waals surface area contributed by atoms with Gasteiger partial charge in [-0.25, -0.2) is 0 Å². The third kappa shape index (κ3) is 20.4. The highest BCUT2D eigenvalue weighted by atomic mass is 16.4. The van der Waals surface area contributed by atoms with E-state index in [-0.39, 0.29) is 76.1 Å². The fourth-order valence-corrected chi connectivity index (χ4v) is 11.5. The number of rotatable bonds is 18.